The maximum atomic E-state index is 10.9. The van der Waals surface area contributed by atoms with Gasteiger partial charge >= 0.3 is 0 Å². The van der Waals surface area contributed by atoms with Crippen molar-refractivity contribution in [3.63, 3.8) is 0 Å². The van der Waals surface area contributed by atoms with Crippen molar-refractivity contribution in [1.82, 2.24) is 0 Å². The van der Waals surface area contributed by atoms with Gasteiger partial charge in [-0.1, -0.05) is 39.0 Å². The number of para-hydroxylation sites is 1. The third-order valence-corrected chi connectivity index (χ3v) is 4.25. The zero-order valence-electron chi connectivity index (χ0n) is 11.9. The zero-order chi connectivity index (χ0) is 13.4. The molecule has 1 aliphatic rings. The molecule has 2 rings (SSSR count). The maximum Gasteiger partial charge on any atom is 0.122 e. The molecule has 100 valence electrons. The number of aliphatic hydroxyl groups is 1. The second-order valence-electron chi connectivity index (χ2n) is 6.54. The average Bonchev–Trinajstić information content (AvgIpc) is 2.48. The molecule has 2 heteroatoms. The highest BCUT2D eigenvalue weighted by Gasteiger charge is 2.47. The van der Waals surface area contributed by atoms with E-state index in [-0.39, 0.29) is 5.41 Å². The summed E-state index contributed by atoms with van der Waals surface area (Å²) in [7, 11) is 1.69. The van der Waals surface area contributed by atoms with E-state index in [0.717, 1.165) is 24.2 Å². The summed E-state index contributed by atoms with van der Waals surface area (Å²) < 4.78 is 5.38. The second kappa shape index (κ2) is 4.58. The lowest BCUT2D eigenvalue weighted by Gasteiger charge is -2.29. The van der Waals surface area contributed by atoms with Crippen LogP contribution in [-0.2, 0) is 6.42 Å². The van der Waals surface area contributed by atoms with Crippen LogP contribution in [0.15, 0.2) is 24.3 Å². The minimum atomic E-state index is -0.599. The Kier molecular flexibility index (Phi) is 3.41. The van der Waals surface area contributed by atoms with E-state index < -0.39 is 5.60 Å². The van der Waals surface area contributed by atoms with Crippen molar-refractivity contribution in [3.8, 4) is 5.75 Å². The molecule has 1 saturated carbocycles. The molecule has 1 fully saturated rings. The summed E-state index contributed by atoms with van der Waals surface area (Å²) in [5.74, 6) is 1.21. The van der Waals surface area contributed by atoms with Crippen molar-refractivity contribution in [1.29, 1.82) is 0 Å². The number of ether oxygens (including phenoxy) is 1. The van der Waals surface area contributed by atoms with Crippen molar-refractivity contribution < 1.29 is 9.84 Å². The number of methoxy groups -OCH3 is 1. The third-order valence-electron chi connectivity index (χ3n) is 4.25. The Bertz CT molecular complexity index is 425. The van der Waals surface area contributed by atoms with Gasteiger partial charge in [0.1, 0.15) is 5.75 Å². The minimum Gasteiger partial charge on any atom is -0.496 e. The van der Waals surface area contributed by atoms with Crippen molar-refractivity contribution in [2.75, 3.05) is 7.11 Å². The van der Waals surface area contributed by atoms with Gasteiger partial charge < -0.3 is 9.84 Å². The molecule has 2 atom stereocenters. The first-order valence-corrected chi connectivity index (χ1v) is 6.71. The van der Waals surface area contributed by atoms with Gasteiger partial charge in [-0.05, 0) is 35.8 Å². The summed E-state index contributed by atoms with van der Waals surface area (Å²) in [6.07, 6.45) is 2.62. The van der Waals surface area contributed by atoms with Crippen LogP contribution in [0.4, 0.5) is 0 Å². The van der Waals surface area contributed by atoms with E-state index in [2.05, 4.69) is 26.8 Å². The van der Waals surface area contributed by atoms with Crippen LogP contribution in [0.25, 0.3) is 0 Å². The monoisotopic (exact) mass is 248 g/mol. The summed E-state index contributed by atoms with van der Waals surface area (Å²) in [5, 5.41) is 10.9. The second-order valence-corrected chi connectivity index (χ2v) is 6.54. The molecule has 0 amide bonds. The quantitative estimate of drug-likeness (QED) is 0.888. The fraction of sp³-hybridized carbons (Fsp3) is 0.625. The molecule has 0 aliphatic heterocycles. The first-order chi connectivity index (χ1) is 8.36. The Morgan fingerprint density at radius 3 is 2.56 bits per heavy atom. The van der Waals surface area contributed by atoms with Crippen molar-refractivity contribution in [2.24, 2.45) is 11.3 Å². The molecule has 0 heterocycles. The Hall–Kier alpha value is -1.02. The highest BCUT2D eigenvalue weighted by atomic mass is 16.5. The SMILES string of the molecule is COc1ccccc1CC1(O)CC(C)(C)CC1C. The maximum absolute atomic E-state index is 10.9. The van der Waals surface area contributed by atoms with Crippen LogP contribution in [0.5, 0.6) is 5.75 Å². The lowest BCUT2D eigenvalue weighted by Crippen LogP contribution is -2.34. The van der Waals surface area contributed by atoms with Gasteiger partial charge in [-0.2, -0.15) is 0 Å². The van der Waals surface area contributed by atoms with Gasteiger partial charge in [0.25, 0.3) is 0 Å². The van der Waals surface area contributed by atoms with Crippen LogP contribution < -0.4 is 4.74 Å². The van der Waals surface area contributed by atoms with E-state index in [1.54, 1.807) is 7.11 Å². The van der Waals surface area contributed by atoms with E-state index in [1.807, 2.05) is 18.2 Å². The predicted molar refractivity (Wildman–Crippen MR) is 73.8 cm³/mol. The Morgan fingerprint density at radius 2 is 2.00 bits per heavy atom. The summed E-state index contributed by atoms with van der Waals surface area (Å²) in [6.45, 7) is 6.64. The standard InChI is InChI=1S/C16H24O2/c1-12-9-15(2,3)11-16(12,17)10-13-7-5-6-8-14(13)18-4/h5-8,12,17H,9-11H2,1-4H3. The Labute approximate surface area is 110 Å². The molecule has 0 aromatic heterocycles. The number of hydrogen-bond acceptors (Lipinski definition) is 2. The summed E-state index contributed by atoms with van der Waals surface area (Å²) in [5.41, 5.74) is 0.737. The molecule has 1 aliphatic carbocycles. The number of benzene rings is 1. The van der Waals surface area contributed by atoms with E-state index >= 15 is 0 Å². The van der Waals surface area contributed by atoms with Crippen LogP contribution in [-0.4, -0.2) is 17.8 Å². The van der Waals surface area contributed by atoms with Gasteiger partial charge in [-0.3, -0.25) is 0 Å². The van der Waals surface area contributed by atoms with Gasteiger partial charge in [0.15, 0.2) is 0 Å². The normalized spacial score (nSPS) is 30.4. The highest BCUT2D eigenvalue weighted by molar-refractivity contribution is 5.34. The van der Waals surface area contributed by atoms with Gasteiger partial charge in [0.2, 0.25) is 0 Å². The summed E-state index contributed by atoms with van der Waals surface area (Å²) >= 11 is 0. The molecule has 1 N–H and O–H groups in total. The van der Waals surface area contributed by atoms with Crippen LogP contribution >= 0.6 is 0 Å². The molecule has 0 radical (unpaired) electrons. The molecule has 1 aromatic carbocycles. The lowest BCUT2D eigenvalue weighted by atomic mass is 9.84. The van der Waals surface area contributed by atoms with Crippen LogP contribution in [0.1, 0.15) is 39.2 Å². The van der Waals surface area contributed by atoms with Gasteiger partial charge in [0.05, 0.1) is 12.7 Å². The van der Waals surface area contributed by atoms with Crippen LogP contribution in [0, 0.1) is 11.3 Å². The number of rotatable bonds is 3. The highest BCUT2D eigenvalue weighted by Crippen LogP contribution is 2.49. The molecular formula is C16H24O2. The Balaban J connectivity index is 2.23. The van der Waals surface area contributed by atoms with Crippen molar-refractivity contribution in [2.45, 2.75) is 45.6 Å². The van der Waals surface area contributed by atoms with Gasteiger partial charge in [-0.15, -0.1) is 0 Å². The summed E-state index contributed by atoms with van der Waals surface area (Å²) in [6, 6.07) is 7.98. The fourth-order valence-electron chi connectivity index (χ4n) is 3.51. The molecule has 2 nitrogen and oxygen atoms in total. The largest absolute Gasteiger partial charge is 0.496 e. The average molecular weight is 248 g/mol. The van der Waals surface area contributed by atoms with Crippen molar-refractivity contribution >= 4 is 0 Å². The topological polar surface area (TPSA) is 29.5 Å². The molecule has 2 unspecified atom stereocenters. The smallest absolute Gasteiger partial charge is 0.122 e. The Morgan fingerprint density at radius 1 is 1.33 bits per heavy atom. The molecular weight excluding hydrogens is 224 g/mol. The first-order valence-electron chi connectivity index (χ1n) is 6.71. The first kappa shape index (κ1) is 13.4. The van der Waals surface area contributed by atoms with Crippen LogP contribution in [0.2, 0.25) is 0 Å². The number of hydrogen-bond donors (Lipinski definition) is 1. The van der Waals surface area contributed by atoms with E-state index in [0.29, 0.717) is 12.3 Å². The van der Waals surface area contributed by atoms with E-state index in [9.17, 15) is 5.11 Å². The van der Waals surface area contributed by atoms with Gasteiger partial charge in [0, 0.05) is 6.42 Å². The van der Waals surface area contributed by atoms with Crippen molar-refractivity contribution in [3.05, 3.63) is 29.8 Å². The van der Waals surface area contributed by atoms with E-state index in [1.165, 1.54) is 0 Å². The summed E-state index contributed by atoms with van der Waals surface area (Å²) in [4.78, 5) is 0. The minimum absolute atomic E-state index is 0.232. The van der Waals surface area contributed by atoms with Crippen LogP contribution in [0.3, 0.4) is 0 Å². The van der Waals surface area contributed by atoms with E-state index in [4.69, 9.17) is 4.74 Å². The molecule has 1 aromatic rings. The molecule has 0 spiro atoms. The lowest BCUT2D eigenvalue weighted by molar-refractivity contribution is 0.00400. The molecule has 18 heavy (non-hydrogen) atoms. The molecule has 0 saturated heterocycles. The zero-order valence-corrected chi connectivity index (χ0v) is 11.9. The van der Waals surface area contributed by atoms with Gasteiger partial charge in [-0.25, -0.2) is 0 Å². The predicted octanol–water partition coefficient (Wildman–Crippen LogP) is 3.42. The third kappa shape index (κ3) is 2.54. The molecule has 0 bridgehead atoms. The fourth-order valence-corrected chi connectivity index (χ4v) is 3.51.